The van der Waals surface area contributed by atoms with E-state index >= 15 is 0 Å². The summed E-state index contributed by atoms with van der Waals surface area (Å²) in [4.78, 5) is 2.23. The molecule has 1 aromatic carbocycles. The molecular weight excluding hydrogens is 182 g/mol. The van der Waals surface area contributed by atoms with Crippen LogP contribution in [0.2, 0.25) is 0 Å². The van der Waals surface area contributed by atoms with Crippen LogP contribution >= 0.6 is 0 Å². The first kappa shape index (κ1) is 12.3. The molecule has 0 fully saturated rings. The standard InChI is InChI=1S/C14H23N/c1-11(2)10-13-6-8-14(9-7-13)12(3)15(4)5/h6-9,11-12H,10H2,1-5H3. The molecule has 0 saturated carbocycles. The van der Waals surface area contributed by atoms with E-state index in [9.17, 15) is 0 Å². The molecule has 1 aromatic rings. The highest BCUT2D eigenvalue weighted by atomic mass is 15.1. The number of benzene rings is 1. The van der Waals surface area contributed by atoms with E-state index in [2.05, 4.69) is 64.0 Å². The molecule has 0 bridgehead atoms. The average Bonchev–Trinajstić information content (AvgIpc) is 2.17. The smallest absolute Gasteiger partial charge is 0.0313 e. The quantitative estimate of drug-likeness (QED) is 0.727. The zero-order valence-corrected chi connectivity index (χ0v) is 10.6. The molecule has 0 radical (unpaired) electrons. The zero-order valence-electron chi connectivity index (χ0n) is 10.6. The first-order valence-electron chi connectivity index (χ1n) is 5.76. The fraction of sp³-hybridized carbons (Fsp3) is 0.571. The Balaban J connectivity index is 2.72. The Morgan fingerprint density at radius 3 is 1.93 bits per heavy atom. The van der Waals surface area contributed by atoms with E-state index in [1.165, 1.54) is 17.5 Å². The van der Waals surface area contributed by atoms with Crippen LogP contribution in [0.25, 0.3) is 0 Å². The van der Waals surface area contributed by atoms with Gasteiger partial charge in [-0.25, -0.2) is 0 Å². The normalized spacial score (nSPS) is 13.5. The van der Waals surface area contributed by atoms with Gasteiger partial charge in [-0.2, -0.15) is 0 Å². The molecule has 0 aliphatic heterocycles. The van der Waals surface area contributed by atoms with Gasteiger partial charge < -0.3 is 4.90 Å². The molecule has 1 unspecified atom stereocenters. The molecule has 0 heterocycles. The third kappa shape index (κ3) is 3.67. The van der Waals surface area contributed by atoms with Crippen molar-refractivity contribution >= 4 is 0 Å². The zero-order chi connectivity index (χ0) is 11.4. The lowest BCUT2D eigenvalue weighted by molar-refractivity contribution is 0.321. The molecule has 0 saturated heterocycles. The van der Waals surface area contributed by atoms with Gasteiger partial charge in [-0.3, -0.25) is 0 Å². The van der Waals surface area contributed by atoms with Gasteiger partial charge in [0.15, 0.2) is 0 Å². The lowest BCUT2D eigenvalue weighted by Crippen LogP contribution is -2.16. The van der Waals surface area contributed by atoms with Crippen molar-refractivity contribution in [2.24, 2.45) is 5.92 Å². The lowest BCUT2D eigenvalue weighted by atomic mass is 10.00. The Morgan fingerprint density at radius 2 is 1.53 bits per heavy atom. The van der Waals surface area contributed by atoms with Crippen LogP contribution in [-0.4, -0.2) is 19.0 Å². The Morgan fingerprint density at radius 1 is 1.00 bits per heavy atom. The summed E-state index contributed by atoms with van der Waals surface area (Å²) < 4.78 is 0. The minimum Gasteiger partial charge on any atom is -0.303 e. The summed E-state index contributed by atoms with van der Waals surface area (Å²) in [6.07, 6.45) is 1.18. The third-order valence-corrected chi connectivity index (χ3v) is 2.88. The van der Waals surface area contributed by atoms with Crippen molar-refractivity contribution in [1.82, 2.24) is 4.90 Å². The number of nitrogens with zero attached hydrogens (tertiary/aromatic N) is 1. The predicted molar refractivity (Wildman–Crippen MR) is 67.1 cm³/mol. The molecule has 0 amide bonds. The maximum absolute atomic E-state index is 2.26. The monoisotopic (exact) mass is 205 g/mol. The number of rotatable bonds is 4. The molecule has 0 aliphatic carbocycles. The van der Waals surface area contributed by atoms with E-state index in [0.29, 0.717) is 6.04 Å². The Labute approximate surface area is 94.1 Å². The van der Waals surface area contributed by atoms with E-state index < -0.39 is 0 Å². The van der Waals surface area contributed by atoms with Gasteiger partial charge in [0, 0.05) is 6.04 Å². The summed E-state index contributed by atoms with van der Waals surface area (Å²) in [6, 6.07) is 9.52. The molecular formula is C14H23N. The first-order chi connectivity index (χ1) is 7.00. The molecule has 84 valence electrons. The van der Waals surface area contributed by atoms with Crippen LogP contribution in [0.3, 0.4) is 0 Å². The average molecular weight is 205 g/mol. The maximum atomic E-state index is 2.26. The molecule has 0 aromatic heterocycles. The van der Waals surface area contributed by atoms with Gasteiger partial charge in [-0.05, 0) is 44.5 Å². The largest absolute Gasteiger partial charge is 0.303 e. The van der Waals surface area contributed by atoms with Crippen molar-refractivity contribution < 1.29 is 0 Å². The second-order valence-electron chi connectivity index (χ2n) is 4.98. The van der Waals surface area contributed by atoms with Gasteiger partial charge in [0.05, 0.1) is 0 Å². The molecule has 15 heavy (non-hydrogen) atoms. The van der Waals surface area contributed by atoms with Gasteiger partial charge in [-0.15, -0.1) is 0 Å². The van der Waals surface area contributed by atoms with Crippen LogP contribution in [0, 0.1) is 5.92 Å². The van der Waals surface area contributed by atoms with E-state index in [1.54, 1.807) is 0 Å². The predicted octanol–water partition coefficient (Wildman–Crippen LogP) is 3.51. The second-order valence-corrected chi connectivity index (χ2v) is 4.98. The number of hydrogen-bond acceptors (Lipinski definition) is 1. The molecule has 0 spiro atoms. The number of hydrogen-bond donors (Lipinski definition) is 0. The van der Waals surface area contributed by atoms with E-state index in [-0.39, 0.29) is 0 Å². The molecule has 1 rings (SSSR count). The van der Waals surface area contributed by atoms with Crippen LogP contribution in [0.15, 0.2) is 24.3 Å². The van der Waals surface area contributed by atoms with Crippen molar-refractivity contribution in [3.8, 4) is 0 Å². The van der Waals surface area contributed by atoms with Crippen molar-refractivity contribution in [3.05, 3.63) is 35.4 Å². The fourth-order valence-electron chi connectivity index (χ4n) is 1.70. The summed E-state index contributed by atoms with van der Waals surface area (Å²) in [6.45, 7) is 6.75. The van der Waals surface area contributed by atoms with Gasteiger partial charge >= 0.3 is 0 Å². The summed E-state index contributed by atoms with van der Waals surface area (Å²) in [5.41, 5.74) is 2.84. The molecule has 1 atom stereocenters. The molecule has 1 nitrogen and oxygen atoms in total. The van der Waals surface area contributed by atoms with Gasteiger partial charge in [-0.1, -0.05) is 38.1 Å². The fourth-order valence-corrected chi connectivity index (χ4v) is 1.70. The SMILES string of the molecule is CC(C)Cc1ccc(C(C)N(C)C)cc1. The second kappa shape index (κ2) is 5.32. The van der Waals surface area contributed by atoms with Crippen LogP contribution in [0.5, 0.6) is 0 Å². The minimum absolute atomic E-state index is 0.498. The van der Waals surface area contributed by atoms with E-state index in [4.69, 9.17) is 0 Å². The van der Waals surface area contributed by atoms with Crippen LogP contribution < -0.4 is 0 Å². The highest BCUT2D eigenvalue weighted by Crippen LogP contribution is 2.18. The minimum atomic E-state index is 0.498. The van der Waals surface area contributed by atoms with Crippen molar-refractivity contribution in [3.63, 3.8) is 0 Å². The Bertz CT molecular complexity index is 285. The van der Waals surface area contributed by atoms with Crippen LogP contribution in [0.1, 0.15) is 37.9 Å². The van der Waals surface area contributed by atoms with Gasteiger partial charge in [0.2, 0.25) is 0 Å². The highest BCUT2D eigenvalue weighted by molar-refractivity contribution is 5.24. The van der Waals surface area contributed by atoms with Crippen LogP contribution in [0.4, 0.5) is 0 Å². The van der Waals surface area contributed by atoms with E-state index in [1.807, 2.05) is 0 Å². The van der Waals surface area contributed by atoms with Crippen molar-refractivity contribution in [2.45, 2.75) is 33.2 Å². The highest BCUT2D eigenvalue weighted by Gasteiger charge is 2.07. The topological polar surface area (TPSA) is 3.24 Å². The summed E-state index contributed by atoms with van der Waals surface area (Å²) in [5.74, 6) is 0.738. The van der Waals surface area contributed by atoms with Gasteiger partial charge in [0.25, 0.3) is 0 Å². The van der Waals surface area contributed by atoms with Crippen molar-refractivity contribution in [2.75, 3.05) is 14.1 Å². The first-order valence-corrected chi connectivity index (χ1v) is 5.76. The van der Waals surface area contributed by atoms with Crippen LogP contribution in [-0.2, 0) is 6.42 Å². The maximum Gasteiger partial charge on any atom is 0.0313 e. The molecule has 0 N–H and O–H groups in total. The summed E-state index contributed by atoms with van der Waals surface area (Å²) >= 11 is 0. The van der Waals surface area contributed by atoms with E-state index in [0.717, 1.165) is 5.92 Å². The molecule has 0 aliphatic rings. The summed E-state index contributed by atoms with van der Waals surface area (Å²) in [5, 5.41) is 0. The van der Waals surface area contributed by atoms with Gasteiger partial charge in [0.1, 0.15) is 0 Å². The lowest BCUT2D eigenvalue weighted by Gasteiger charge is -2.20. The summed E-state index contributed by atoms with van der Waals surface area (Å²) in [7, 11) is 4.24. The van der Waals surface area contributed by atoms with Crippen molar-refractivity contribution in [1.29, 1.82) is 0 Å². The molecule has 1 heteroatoms. The third-order valence-electron chi connectivity index (χ3n) is 2.88. The Hall–Kier alpha value is -0.820. The Kier molecular flexibility index (Phi) is 4.34.